The highest BCUT2D eigenvalue weighted by atomic mass is 16.6. The van der Waals surface area contributed by atoms with E-state index in [0.717, 1.165) is 11.3 Å². The molecule has 0 unspecified atom stereocenters. The average Bonchev–Trinajstić information content (AvgIpc) is 3.27. The zero-order chi connectivity index (χ0) is 20.6. The van der Waals surface area contributed by atoms with Gasteiger partial charge in [-0.1, -0.05) is 18.2 Å². The third kappa shape index (κ3) is 5.48. The van der Waals surface area contributed by atoms with Gasteiger partial charge in [0.2, 0.25) is 5.91 Å². The van der Waals surface area contributed by atoms with Gasteiger partial charge in [-0.2, -0.15) is 5.10 Å². The Morgan fingerprint density at radius 3 is 2.55 bits per heavy atom. The second-order valence-electron chi connectivity index (χ2n) is 6.21. The van der Waals surface area contributed by atoms with Crippen LogP contribution >= 0.6 is 0 Å². The van der Waals surface area contributed by atoms with Crippen LogP contribution in [0.15, 0.2) is 67.0 Å². The van der Waals surface area contributed by atoms with Crippen LogP contribution in [-0.4, -0.2) is 39.6 Å². The van der Waals surface area contributed by atoms with Gasteiger partial charge in [0, 0.05) is 36.6 Å². The summed E-state index contributed by atoms with van der Waals surface area (Å²) in [7, 11) is 0. The molecule has 0 bridgehead atoms. The van der Waals surface area contributed by atoms with Crippen molar-refractivity contribution in [3.63, 3.8) is 0 Å². The highest BCUT2D eigenvalue weighted by Crippen LogP contribution is 2.12. The molecule has 1 aromatic heterocycles. The Bertz CT molecular complexity index is 1000. The fourth-order valence-corrected chi connectivity index (χ4v) is 2.67. The van der Waals surface area contributed by atoms with E-state index in [1.807, 2.05) is 36.5 Å². The number of hydrogen-bond acceptors (Lipinski definition) is 5. The van der Waals surface area contributed by atoms with Crippen LogP contribution in [0.25, 0.3) is 5.69 Å². The summed E-state index contributed by atoms with van der Waals surface area (Å²) in [6.45, 7) is 0.215. The highest BCUT2D eigenvalue weighted by Gasteiger charge is 2.12. The molecule has 0 fully saturated rings. The normalized spacial score (nSPS) is 10.3. The van der Waals surface area contributed by atoms with Crippen molar-refractivity contribution in [2.75, 3.05) is 13.1 Å². The van der Waals surface area contributed by atoms with Crippen LogP contribution in [0.4, 0.5) is 5.69 Å². The number of nitrogens with one attached hydrogen (secondary N) is 2. The molecule has 1 heterocycles. The first-order valence-electron chi connectivity index (χ1n) is 8.91. The Morgan fingerprint density at radius 2 is 1.86 bits per heavy atom. The van der Waals surface area contributed by atoms with Gasteiger partial charge in [0.15, 0.2) is 0 Å². The molecular formula is C20H19N5O4. The lowest BCUT2D eigenvalue weighted by molar-refractivity contribution is -0.384. The molecule has 3 aromatic rings. The molecule has 0 saturated carbocycles. The number of hydrogen-bond donors (Lipinski definition) is 2. The number of non-ortho nitro benzene ring substituents is 1. The van der Waals surface area contributed by atoms with E-state index in [1.165, 1.54) is 24.3 Å². The van der Waals surface area contributed by atoms with E-state index in [1.54, 1.807) is 10.9 Å². The molecule has 0 aliphatic rings. The number of nitro groups is 1. The van der Waals surface area contributed by atoms with E-state index in [0.29, 0.717) is 13.0 Å². The second kappa shape index (κ2) is 9.27. The Morgan fingerprint density at radius 1 is 1.07 bits per heavy atom. The van der Waals surface area contributed by atoms with Crippen LogP contribution in [-0.2, 0) is 11.2 Å². The molecule has 2 N–H and O–H groups in total. The number of aromatic nitrogens is 2. The Balaban J connectivity index is 1.41. The van der Waals surface area contributed by atoms with Crippen LogP contribution in [0.3, 0.4) is 0 Å². The Hall–Kier alpha value is -4.01. The first-order chi connectivity index (χ1) is 14.0. The van der Waals surface area contributed by atoms with Gasteiger partial charge in [-0.05, 0) is 36.2 Å². The predicted molar refractivity (Wildman–Crippen MR) is 106 cm³/mol. The van der Waals surface area contributed by atoms with E-state index < -0.39 is 10.8 Å². The number of amides is 2. The van der Waals surface area contributed by atoms with Gasteiger partial charge in [0.25, 0.3) is 11.6 Å². The van der Waals surface area contributed by atoms with E-state index in [2.05, 4.69) is 15.7 Å². The van der Waals surface area contributed by atoms with Crippen LogP contribution in [0, 0.1) is 10.1 Å². The van der Waals surface area contributed by atoms with Crippen LogP contribution < -0.4 is 10.6 Å². The summed E-state index contributed by atoms with van der Waals surface area (Å²) in [6, 6.07) is 15.0. The molecule has 3 rings (SSSR count). The smallest absolute Gasteiger partial charge is 0.270 e. The van der Waals surface area contributed by atoms with Crippen molar-refractivity contribution < 1.29 is 14.5 Å². The van der Waals surface area contributed by atoms with E-state index in [-0.39, 0.29) is 23.7 Å². The molecule has 148 valence electrons. The molecule has 29 heavy (non-hydrogen) atoms. The lowest BCUT2D eigenvalue weighted by Crippen LogP contribution is -2.37. The molecule has 0 spiro atoms. The third-order valence-electron chi connectivity index (χ3n) is 4.17. The van der Waals surface area contributed by atoms with Crippen LogP contribution in [0.5, 0.6) is 0 Å². The van der Waals surface area contributed by atoms with Gasteiger partial charge in [0.05, 0.1) is 17.2 Å². The van der Waals surface area contributed by atoms with Crippen LogP contribution in [0.2, 0.25) is 0 Å². The lowest BCUT2D eigenvalue weighted by atomic mass is 10.1. The van der Waals surface area contributed by atoms with E-state index in [4.69, 9.17) is 0 Å². The van der Waals surface area contributed by atoms with Crippen molar-refractivity contribution in [3.8, 4) is 5.69 Å². The molecule has 9 heteroatoms. The molecule has 2 aromatic carbocycles. The maximum absolute atomic E-state index is 12.0. The average molecular weight is 393 g/mol. The van der Waals surface area contributed by atoms with Crippen molar-refractivity contribution in [1.82, 2.24) is 20.4 Å². The monoisotopic (exact) mass is 393 g/mol. The highest BCUT2D eigenvalue weighted by molar-refractivity contribution is 5.96. The van der Waals surface area contributed by atoms with Crippen LogP contribution in [0.1, 0.15) is 15.9 Å². The quantitative estimate of drug-likeness (QED) is 0.447. The summed E-state index contributed by atoms with van der Waals surface area (Å²) < 4.78 is 1.76. The van der Waals surface area contributed by atoms with Crippen molar-refractivity contribution in [2.45, 2.75) is 6.42 Å². The van der Waals surface area contributed by atoms with Gasteiger partial charge in [-0.25, -0.2) is 4.68 Å². The van der Waals surface area contributed by atoms with Crippen molar-refractivity contribution in [3.05, 3.63) is 88.2 Å². The topological polar surface area (TPSA) is 119 Å². The largest absolute Gasteiger partial charge is 0.354 e. The summed E-state index contributed by atoms with van der Waals surface area (Å²) in [5.41, 5.74) is 1.96. The Labute approximate surface area is 166 Å². The number of carbonyl (C=O) groups is 2. The summed E-state index contributed by atoms with van der Waals surface area (Å²) in [4.78, 5) is 34.1. The second-order valence-corrected chi connectivity index (χ2v) is 6.21. The minimum Gasteiger partial charge on any atom is -0.354 e. The van der Waals surface area contributed by atoms with Gasteiger partial charge in [-0.3, -0.25) is 19.7 Å². The number of nitrogens with zero attached hydrogens (tertiary/aromatic N) is 3. The van der Waals surface area contributed by atoms with Crippen molar-refractivity contribution in [1.29, 1.82) is 0 Å². The molecule has 9 nitrogen and oxygen atoms in total. The first kappa shape index (κ1) is 19.7. The van der Waals surface area contributed by atoms with Gasteiger partial charge >= 0.3 is 0 Å². The number of carbonyl (C=O) groups excluding carboxylic acids is 2. The summed E-state index contributed by atoms with van der Waals surface area (Å²) in [6.07, 6.45) is 4.21. The minimum atomic E-state index is -0.578. The number of rotatable bonds is 8. The zero-order valence-electron chi connectivity index (χ0n) is 15.4. The van der Waals surface area contributed by atoms with E-state index >= 15 is 0 Å². The minimum absolute atomic E-state index is 0.129. The standard InChI is InChI=1S/C20H19N5O4/c26-19(14-22-20(27)16-3-1-4-18(13-16)25(28)29)21-11-9-15-5-7-17(8-6-15)24-12-2-10-23-24/h1-8,10,12-13H,9,11,14H2,(H,21,26)(H,22,27). The van der Waals surface area contributed by atoms with E-state index in [9.17, 15) is 19.7 Å². The maximum atomic E-state index is 12.0. The van der Waals surface area contributed by atoms with Gasteiger partial charge in [0.1, 0.15) is 0 Å². The fourth-order valence-electron chi connectivity index (χ4n) is 2.67. The lowest BCUT2D eigenvalue weighted by Gasteiger charge is -2.08. The summed E-state index contributed by atoms with van der Waals surface area (Å²) in [5, 5.41) is 20.1. The number of nitro benzene ring substituents is 1. The molecular weight excluding hydrogens is 374 g/mol. The number of benzene rings is 2. The van der Waals surface area contributed by atoms with Crippen molar-refractivity contribution in [2.24, 2.45) is 0 Å². The fraction of sp³-hybridized carbons (Fsp3) is 0.150. The molecule has 0 saturated heterocycles. The summed E-state index contributed by atoms with van der Waals surface area (Å²) in [5.74, 6) is -0.880. The van der Waals surface area contributed by atoms with Gasteiger partial charge in [-0.15, -0.1) is 0 Å². The third-order valence-corrected chi connectivity index (χ3v) is 4.17. The molecule has 2 amide bonds. The van der Waals surface area contributed by atoms with Gasteiger partial charge < -0.3 is 10.6 Å². The SMILES string of the molecule is O=C(CNC(=O)c1cccc([N+](=O)[O-])c1)NCCc1ccc(-n2cccn2)cc1. The molecule has 0 atom stereocenters. The first-order valence-corrected chi connectivity index (χ1v) is 8.91. The summed E-state index contributed by atoms with van der Waals surface area (Å²) >= 11 is 0. The molecule has 0 aliphatic carbocycles. The van der Waals surface area contributed by atoms with Crippen molar-refractivity contribution >= 4 is 17.5 Å². The maximum Gasteiger partial charge on any atom is 0.270 e. The molecule has 0 radical (unpaired) electrons. The molecule has 0 aliphatic heterocycles. The zero-order valence-corrected chi connectivity index (χ0v) is 15.4. The predicted octanol–water partition coefficient (Wildman–Crippen LogP) is 1.87. The Kier molecular flexibility index (Phi) is 6.31.